The van der Waals surface area contributed by atoms with Crippen molar-refractivity contribution in [1.29, 1.82) is 0 Å². The number of fused-ring (bicyclic) bond motifs is 1. The third kappa shape index (κ3) is 4.45. The predicted molar refractivity (Wildman–Crippen MR) is 118 cm³/mol. The zero-order chi connectivity index (χ0) is 19.7. The van der Waals surface area contributed by atoms with E-state index < -0.39 is 0 Å². The molecule has 29 heavy (non-hydrogen) atoms. The monoisotopic (exact) mass is 435 g/mol. The molecule has 2 aromatic heterocycles. The second kappa shape index (κ2) is 9.21. The number of amides is 1. The van der Waals surface area contributed by atoms with E-state index in [0.717, 1.165) is 48.2 Å². The van der Waals surface area contributed by atoms with Crippen molar-refractivity contribution in [3.63, 3.8) is 0 Å². The van der Waals surface area contributed by atoms with Gasteiger partial charge in [0.05, 0.1) is 23.4 Å². The number of benzene rings is 1. The summed E-state index contributed by atoms with van der Waals surface area (Å²) in [5.41, 5.74) is 3.92. The summed E-state index contributed by atoms with van der Waals surface area (Å²) in [7, 11) is 1.79. The van der Waals surface area contributed by atoms with E-state index in [1.165, 1.54) is 11.1 Å². The molecule has 156 valence electrons. The van der Waals surface area contributed by atoms with Crippen LogP contribution in [0.25, 0.3) is 10.2 Å². The van der Waals surface area contributed by atoms with Crippen molar-refractivity contribution in [2.24, 2.45) is 7.05 Å². The van der Waals surface area contributed by atoms with E-state index in [4.69, 9.17) is 9.72 Å². The molecule has 1 saturated heterocycles. The highest BCUT2D eigenvalue weighted by Gasteiger charge is 2.25. The third-order valence-electron chi connectivity index (χ3n) is 5.33. The number of rotatable bonds is 5. The molecular weight excluding hydrogens is 410 g/mol. The van der Waals surface area contributed by atoms with Crippen molar-refractivity contribution in [2.75, 3.05) is 44.3 Å². The fraction of sp³-hybridized carbons (Fsp3) is 0.450. The van der Waals surface area contributed by atoms with E-state index in [-0.39, 0.29) is 18.3 Å². The molecule has 0 atom stereocenters. The number of anilines is 1. The molecule has 1 aliphatic heterocycles. The predicted octanol–water partition coefficient (Wildman–Crippen LogP) is 3.05. The lowest BCUT2D eigenvalue weighted by molar-refractivity contribution is 0.0391. The zero-order valence-corrected chi connectivity index (χ0v) is 18.6. The van der Waals surface area contributed by atoms with Gasteiger partial charge < -0.3 is 4.74 Å². The number of aryl methyl sites for hydroxylation is 3. The van der Waals surface area contributed by atoms with Gasteiger partial charge in [0.25, 0.3) is 5.91 Å². The number of aromatic nitrogens is 3. The van der Waals surface area contributed by atoms with Crippen LogP contribution in [0, 0.1) is 13.8 Å². The molecular formula is C20H26ClN5O2S. The van der Waals surface area contributed by atoms with E-state index >= 15 is 0 Å². The van der Waals surface area contributed by atoms with Crippen LogP contribution in [0.4, 0.5) is 5.13 Å². The first-order valence-corrected chi connectivity index (χ1v) is 10.3. The van der Waals surface area contributed by atoms with Gasteiger partial charge in [0.2, 0.25) is 0 Å². The summed E-state index contributed by atoms with van der Waals surface area (Å²) in [5.74, 6) is -0.0679. The fourth-order valence-electron chi connectivity index (χ4n) is 3.40. The molecule has 4 rings (SSSR count). The minimum atomic E-state index is -0.0679. The van der Waals surface area contributed by atoms with Crippen molar-refractivity contribution in [2.45, 2.75) is 13.8 Å². The molecule has 0 saturated carbocycles. The Morgan fingerprint density at radius 1 is 1.24 bits per heavy atom. The van der Waals surface area contributed by atoms with Crippen LogP contribution in [-0.2, 0) is 11.8 Å². The summed E-state index contributed by atoms with van der Waals surface area (Å²) in [5, 5.41) is 4.90. The molecule has 0 bridgehead atoms. The average molecular weight is 436 g/mol. The third-order valence-corrected chi connectivity index (χ3v) is 6.38. The Morgan fingerprint density at radius 3 is 2.69 bits per heavy atom. The van der Waals surface area contributed by atoms with Gasteiger partial charge in [0.1, 0.15) is 5.69 Å². The molecule has 0 spiro atoms. The molecule has 3 heterocycles. The first-order valence-electron chi connectivity index (χ1n) is 9.51. The summed E-state index contributed by atoms with van der Waals surface area (Å²) in [6.45, 7) is 8.83. The molecule has 7 nitrogen and oxygen atoms in total. The van der Waals surface area contributed by atoms with Crippen LogP contribution in [0.15, 0.2) is 24.4 Å². The lowest BCUT2D eigenvalue weighted by atomic mass is 10.1. The standard InChI is InChI=1S/C20H25N5O2S.ClH/c1-14-4-5-17-18(15(14)2)22-20(28-17)25(9-8-24-10-12-27-13-11-24)19(26)16-6-7-21-23(16)3;/h4-7H,8-13H2,1-3H3;1H. The van der Waals surface area contributed by atoms with Gasteiger partial charge >= 0.3 is 0 Å². The molecule has 0 radical (unpaired) electrons. The number of nitrogens with zero attached hydrogens (tertiary/aromatic N) is 5. The SMILES string of the molecule is Cc1ccc2sc(N(CCN3CCOCC3)C(=O)c3ccnn3C)nc2c1C.Cl. The highest BCUT2D eigenvalue weighted by Crippen LogP contribution is 2.32. The van der Waals surface area contributed by atoms with Crippen LogP contribution in [-0.4, -0.2) is 65.0 Å². The molecule has 0 aliphatic carbocycles. The second-order valence-corrected chi connectivity index (χ2v) is 8.11. The normalized spacial score (nSPS) is 14.7. The average Bonchev–Trinajstić information content (AvgIpc) is 3.32. The number of ether oxygens (including phenoxy) is 1. The molecule has 3 aromatic rings. The Hall–Kier alpha value is -2.00. The van der Waals surface area contributed by atoms with E-state index in [1.54, 1.807) is 40.2 Å². The van der Waals surface area contributed by atoms with Gasteiger partial charge in [-0.3, -0.25) is 19.3 Å². The number of halogens is 1. The molecule has 1 amide bonds. The van der Waals surface area contributed by atoms with Crippen LogP contribution in [0.3, 0.4) is 0 Å². The minimum absolute atomic E-state index is 0. The van der Waals surface area contributed by atoms with Crippen LogP contribution < -0.4 is 4.90 Å². The Kier molecular flexibility index (Phi) is 6.89. The second-order valence-electron chi connectivity index (χ2n) is 7.10. The molecule has 1 aromatic carbocycles. The smallest absolute Gasteiger partial charge is 0.278 e. The first kappa shape index (κ1) is 21.7. The zero-order valence-electron chi connectivity index (χ0n) is 16.9. The number of morpholine rings is 1. The molecule has 9 heteroatoms. The first-order chi connectivity index (χ1) is 13.5. The minimum Gasteiger partial charge on any atom is -0.379 e. The van der Waals surface area contributed by atoms with Crippen LogP contribution in [0.2, 0.25) is 0 Å². The van der Waals surface area contributed by atoms with E-state index in [1.807, 2.05) is 0 Å². The van der Waals surface area contributed by atoms with Gasteiger partial charge in [-0.2, -0.15) is 5.10 Å². The van der Waals surface area contributed by atoms with Crippen molar-refractivity contribution in [1.82, 2.24) is 19.7 Å². The van der Waals surface area contributed by atoms with Crippen LogP contribution >= 0.6 is 23.7 Å². The van der Waals surface area contributed by atoms with Crippen molar-refractivity contribution in [3.8, 4) is 0 Å². The van der Waals surface area contributed by atoms with Crippen molar-refractivity contribution >= 4 is 45.0 Å². The van der Waals surface area contributed by atoms with Gasteiger partial charge in [-0.15, -0.1) is 12.4 Å². The Morgan fingerprint density at radius 2 is 2.00 bits per heavy atom. The van der Waals surface area contributed by atoms with Gasteiger partial charge in [0, 0.05) is 39.4 Å². The van der Waals surface area contributed by atoms with Crippen molar-refractivity contribution in [3.05, 3.63) is 41.2 Å². The maximum absolute atomic E-state index is 13.3. The van der Waals surface area contributed by atoms with Gasteiger partial charge in [-0.25, -0.2) is 4.98 Å². The fourth-order valence-corrected chi connectivity index (χ4v) is 4.45. The Bertz CT molecular complexity index is 996. The summed E-state index contributed by atoms with van der Waals surface area (Å²) in [6, 6.07) is 5.96. The lowest BCUT2D eigenvalue weighted by Gasteiger charge is -2.29. The van der Waals surface area contributed by atoms with Gasteiger partial charge in [-0.1, -0.05) is 17.4 Å². The maximum atomic E-state index is 13.3. The van der Waals surface area contributed by atoms with Crippen LogP contribution in [0.1, 0.15) is 21.6 Å². The van der Waals surface area contributed by atoms with Gasteiger partial charge in [-0.05, 0) is 37.1 Å². The lowest BCUT2D eigenvalue weighted by Crippen LogP contribution is -2.43. The van der Waals surface area contributed by atoms with Crippen LogP contribution in [0.5, 0.6) is 0 Å². The number of hydrogen-bond donors (Lipinski definition) is 0. The van der Waals surface area contributed by atoms with E-state index in [2.05, 4.69) is 36.0 Å². The highest BCUT2D eigenvalue weighted by atomic mass is 35.5. The Labute approximate surface area is 180 Å². The largest absolute Gasteiger partial charge is 0.379 e. The van der Waals surface area contributed by atoms with E-state index in [9.17, 15) is 4.79 Å². The molecule has 1 aliphatic rings. The Balaban J connectivity index is 0.00000240. The number of carbonyl (C=O) groups is 1. The summed E-state index contributed by atoms with van der Waals surface area (Å²) < 4.78 is 8.16. The summed E-state index contributed by atoms with van der Waals surface area (Å²) in [6.07, 6.45) is 1.65. The number of thiazole rings is 1. The number of carbonyl (C=O) groups excluding carboxylic acids is 1. The molecule has 0 unspecified atom stereocenters. The number of hydrogen-bond acceptors (Lipinski definition) is 6. The topological polar surface area (TPSA) is 63.5 Å². The molecule has 0 N–H and O–H groups in total. The maximum Gasteiger partial charge on any atom is 0.278 e. The van der Waals surface area contributed by atoms with Gasteiger partial charge in [0.15, 0.2) is 5.13 Å². The highest BCUT2D eigenvalue weighted by molar-refractivity contribution is 7.22. The summed E-state index contributed by atoms with van der Waals surface area (Å²) in [4.78, 5) is 22.3. The molecule has 1 fully saturated rings. The van der Waals surface area contributed by atoms with E-state index in [0.29, 0.717) is 12.2 Å². The summed E-state index contributed by atoms with van der Waals surface area (Å²) >= 11 is 1.57. The quantitative estimate of drug-likeness (QED) is 0.616. The van der Waals surface area contributed by atoms with Crippen molar-refractivity contribution < 1.29 is 9.53 Å².